The Morgan fingerprint density at radius 3 is 3.00 bits per heavy atom. The molecule has 1 N–H and O–H groups in total. The van der Waals surface area contributed by atoms with Gasteiger partial charge in [-0.05, 0) is 13.3 Å². The van der Waals surface area contributed by atoms with Crippen molar-refractivity contribution in [1.29, 1.82) is 0 Å². The van der Waals surface area contributed by atoms with Crippen molar-refractivity contribution < 1.29 is 9.26 Å². The Bertz CT molecular complexity index is 485. The second kappa shape index (κ2) is 6.00. The van der Waals surface area contributed by atoms with E-state index in [1.807, 2.05) is 13.0 Å². The van der Waals surface area contributed by atoms with Gasteiger partial charge in [0.15, 0.2) is 5.76 Å². The first-order valence-electron chi connectivity index (χ1n) is 5.90. The molecule has 96 valence electrons. The maximum absolute atomic E-state index is 5.49. The fraction of sp³-hybridized carbons (Fsp3) is 0.417. The minimum atomic E-state index is 0.497. The van der Waals surface area contributed by atoms with Gasteiger partial charge in [0.2, 0.25) is 11.8 Å². The highest BCUT2D eigenvalue weighted by Crippen LogP contribution is 2.13. The number of rotatable bonds is 6. The van der Waals surface area contributed by atoms with Crippen LogP contribution in [0.4, 0.5) is 5.95 Å². The molecule has 0 atom stereocenters. The lowest BCUT2D eigenvalue weighted by molar-refractivity contribution is 0.305. The topological polar surface area (TPSA) is 73.1 Å². The summed E-state index contributed by atoms with van der Waals surface area (Å²) in [6.45, 7) is 5.10. The molecule has 0 unspecified atom stereocenters. The van der Waals surface area contributed by atoms with Crippen LogP contribution in [0.1, 0.15) is 24.8 Å². The third-order valence-electron chi connectivity index (χ3n) is 2.20. The number of aromatic nitrogens is 3. The van der Waals surface area contributed by atoms with Gasteiger partial charge in [0.25, 0.3) is 0 Å². The number of ether oxygens (including phenoxy) is 1. The zero-order chi connectivity index (χ0) is 12.8. The Labute approximate surface area is 105 Å². The molecule has 0 radical (unpaired) electrons. The summed E-state index contributed by atoms with van der Waals surface area (Å²) in [5.74, 6) is 1.85. The molecule has 2 aromatic heterocycles. The fourth-order valence-corrected chi connectivity index (χ4v) is 1.40. The van der Waals surface area contributed by atoms with Gasteiger partial charge in [-0.3, -0.25) is 0 Å². The standard InChI is InChI=1S/C12H16N4O2/c1-3-6-17-11-7-9(2)15-12(16-11)13-8-10-4-5-14-18-10/h4-5,7H,3,6,8H2,1-2H3,(H,13,15,16). The maximum atomic E-state index is 5.49. The van der Waals surface area contributed by atoms with E-state index in [-0.39, 0.29) is 0 Å². The number of nitrogens with zero attached hydrogens (tertiary/aromatic N) is 3. The van der Waals surface area contributed by atoms with Crippen LogP contribution in [-0.2, 0) is 6.54 Å². The summed E-state index contributed by atoms with van der Waals surface area (Å²) in [6.07, 6.45) is 2.55. The molecule has 0 aliphatic heterocycles. The van der Waals surface area contributed by atoms with Crippen molar-refractivity contribution >= 4 is 5.95 Å². The van der Waals surface area contributed by atoms with E-state index < -0.39 is 0 Å². The molecular formula is C12H16N4O2. The van der Waals surface area contributed by atoms with E-state index in [1.165, 1.54) is 0 Å². The van der Waals surface area contributed by atoms with Crippen LogP contribution in [0.5, 0.6) is 5.88 Å². The second-order valence-corrected chi connectivity index (χ2v) is 3.85. The van der Waals surface area contributed by atoms with Crippen molar-refractivity contribution in [3.8, 4) is 5.88 Å². The van der Waals surface area contributed by atoms with Crippen LogP contribution < -0.4 is 10.1 Å². The molecule has 0 bridgehead atoms. The molecule has 0 saturated carbocycles. The minimum absolute atomic E-state index is 0.497. The molecule has 0 amide bonds. The molecule has 0 aliphatic carbocycles. The van der Waals surface area contributed by atoms with Gasteiger partial charge in [-0.15, -0.1) is 0 Å². The number of nitrogens with one attached hydrogen (secondary N) is 1. The summed E-state index contributed by atoms with van der Waals surface area (Å²) in [4.78, 5) is 8.54. The third-order valence-corrected chi connectivity index (χ3v) is 2.20. The Morgan fingerprint density at radius 2 is 2.28 bits per heavy atom. The van der Waals surface area contributed by atoms with E-state index in [9.17, 15) is 0 Å². The predicted molar refractivity (Wildman–Crippen MR) is 66.4 cm³/mol. The minimum Gasteiger partial charge on any atom is -0.478 e. The number of hydrogen-bond donors (Lipinski definition) is 1. The highest BCUT2D eigenvalue weighted by Gasteiger charge is 2.04. The first kappa shape index (κ1) is 12.3. The predicted octanol–water partition coefficient (Wildman–Crippen LogP) is 2.17. The van der Waals surface area contributed by atoms with E-state index in [2.05, 4.69) is 27.4 Å². The summed E-state index contributed by atoms with van der Waals surface area (Å²) in [5, 5.41) is 6.70. The van der Waals surface area contributed by atoms with E-state index in [0.717, 1.165) is 17.9 Å². The van der Waals surface area contributed by atoms with Crippen LogP contribution in [0.25, 0.3) is 0 Å². The lowest BCUT2D eigenvalue weighted by Gasteiger charge is -2.07. The molecule has 18 heavy (non-hydrogen) atoms. The average Bonchev–Trinajstić information content (AvgIpc) is 2.86. The second-order valence-electron chi connectivity index (χ2n) is 3.85. The molecule has 0 spiro atoms. The fourth-order valence-electron chi connectivity index (χ4n) is 1.40. The molecule has 0 fully saturated rings. The number of aryl methyl sites for hydroxylation is 1. The quantitative estimate of drug-likeness (QED) is 0.844. The molecule has 6 heteroatoms. The van der Waals surface area contributed by atoms with Crippen LogP contribution in [-0.4, -0.2) is 21.7 Å². The maximum Gasteiger partial charge on any atom is 0.226 e. The van der Waals surface area contributed by atoms with E-state index in [1.54, 1.807) is 12.3 Å². The smallest absolute Gasteiger partial charge is 0.226 e. The first-order valence-corrected chi connectivity index (χ1v) is 5.90. The van der Waals surface area contributed by atoms with Gasteiger partial charge in [0.1, 0.15) is 0 Å². The van der Waals surface area contributed by atoms with E-state index in [0.29, 0.717) is 25.0 Å². The first-order chi connectivity index (χ1) is 8.78. The van der Waals surface area contributed by atoms with Crippen LogP contribution >= 0.6 is 0 Å². The summed E-state index contributed by atoms with van der Waals surface area (Å²) in [6, 6.07) is 3.60. The van der Waals surface area contributed by atoms with Crippen LogP contribution in [0, 0.1) is 6.92 Å². The SMILES string of the molecule is CCCOc1cc(C)nc(NCc2ccno2)n1. The molecule has 6 nitrogen and oxygen atoms in total. The normalized spacial score (nSPS) is 10.3. The summed E-state index contributed by atoms with van der Waals surface area (Å²) < 4.78 is 10.5. The zero-order valence-electron chi connectivity index (χ0n) is 10.5. The molecular weight excluding hydrogens is 232 g/mol. The molecule has 0 saturated heterocycles. The summed E-state index contributed by atoms with van der Waals surface area (Å²) in [5.41, 5.74) is 0.858. The largest absolute Gasteiger partial charge is 0.478 e. The van der Waals surface area contributed by atoms with Gasteiger partial charge in [0, 0.05) is 17.8 Å². The van der Waals surface area contributed by atoms with Crippen molar-refractivity contribution in [2.75, 3.05) is 11.9 Å². The highest BCUT2D eigenvalue weighted by atomic mass is 16.5. The van der Waals surface area contributed by atoms with Gasteiger partial charge in [-0.25, -0.2) is 4.98 Å². The van der Waals surface area contributed by atoms with Gasteiger partial charge in [-0.2, -0.15) is 4.98 Å². The van der Waals surface area contributed by atoms with Crippen LogP contribution in [0.2, 0.25) is 0 Å². The lowest BCUT2D eigenvalue weighted by Crippen LogP contribution is -2.06. The summed E-state index contributed by atoms with van der Waals surface area (Å²) >= 11 is 0. The molecule has 2 rings (SSSR count). The van der Waals surface area contributed by atoms with Gasteiger partial charge in [-0.1, -0.05) is 12.1 Å². The van der Waals surface area contributed by atoms with Crippen LogP contribution in [0.15, 0.2) is 22.9 Å². The van der Waals surface area contributed by atoms with Gasteiger partial charge >= 0.3 is 0 Å². The van der Waals surface area contributed by atoms with Crippen LogP contribution in [0.3, 0.4) is 0 Å². The van der Waals surface area contributed by atoms with Gasteiger partial charge < -0.3 is 14.6 Å². The van der Waals surface area contributed by atoms with Crippen molar-refractivity contribution in [2.45, 2.75) is 26.8 Å². The molecule has 2 heterocycles. The highest BCUT2D eigenvalue weighted by molar-refractivity contribution is 5.30. The zero-order valence-corrected chi connectivity index (χ0v) is 10.5. The number of anilines is 1. The molecule has 0 aromatic carbocycles. The van der Waals surface area contributed by atoms with Crippen molar-refractivity contribution in [3.05, 3.63) is 29.8 Å². The van der Waals surface area contributed by atoms with Crippen molar-refractivity contribution in [1.82, 2.24) is 15.1 Å². The van der Waals surface area contributed by atoms with E-state index in [4.69, 9.17) is 9.26 Å². The Balaban J connectivity index is 2.00. The van der Waals surface area contributed by atoms with Crippen molar-refractivity contribution in [3.63, 3.8) is 0 Å². The average molecular weight is 248 g/mol. The van der Waals surface area contributed by atoms with Crippen molar-refractivity contribution in [2.24, 2.45) is 0 Å². The lowest BCUT2D eigenvalue weighted by atomic mass is 10.4. The molecule has 0 aliphatic rings. The van der Waals surface area contributed by atoms with E-state index >= 15 is 0 Å². The number of hydrogen-bond acceptors (Lipinski definition) is 6. The Morgan fingerprint density at radius 1 is 1.39 bits per heavy atom. The Kier molecular flexibility index (Phi) is 4.11. The third kappa shape index (κ3) is 3.44. The van der Waals surface area contributed by atoms with Gasteiger partial charge in [0.05, 0.1) is 19.3 Å². The molecule has 2 aromatic rings. The monoisotopic (exact) mass is 248 g/mol. The Hall–Kier alpha value is -2.11. The summed E-state index contributed by atoms with van der Waals surface area (Å²) in [7, 11) is 0.